The van der Waals surface area contributed by atoms with E-state index in [9.17, 15) is 4.79 Å². The van der Waals surface area contributed by atoms with Crippen molar-refractivity contribution in [2.75, 3.05) is 5.75 Å². The Morgan fingerprint density at radius 2 is 2.24 bits per heavy atom. The Bertz CT molecular complexity index is 989. The Balaban J connectivity index is 1.31. The first-order chi connectivity index (χ1) is 12.3. The smallest absolute Gasteiger partial charge is 0.230 e. The Morgan fingerprint density at radius 1 is 1.32 bits per heavy atom. The van der Waals surface area contributed by atoms with Gasteiger partial charge in [0.2, 0.25) is 5.91 Å². The fourth-order valence-corrected chi connectivity index (χ4v) is 3.93. The number of H-pyrrole nitrogens is 1. The van der Waals surface area contributed by atoms with Crippen molar-refractivity contribution in [1.29, 1.82) is 0 Å². The summed E-state index contributed by atoms with van der Waals surface area (Å²) in [6, 6.07) is 10.0. The molecule has 0 saturated heterocycles. The fourth-order valence-electron chi connectivity index (χ4n) is 2.44. The van der Waals surface area contributed by atoms with Crippen molar-refractivity contribution in [3.8, 4) is 5.69 Å². The number of para-hydroxylation sites is 1. The summed E-state index contributed by atoms with van der Waals surface area (Å²) in [6.45, 7) is 0.372. The molecule has 1 amide bonds. The molecule has 0 bridgehead atoms. The predicted octanol–water partition coefficient (Wildman–Crippen LogP) is 3.22. The lowest BCUT2D eigenvalue weighted by Gasteiger charge is -2.02. The molecule has 0 radical (unpaired) electrons. The maximum Gasteiger partial charge on any atom is 0.230 e. The van der Waals surface area contributed by atoms with Gasteiger partial charge in [0, 0.05) is 27.4 Å². The molecule has 3 aromatic heterocycles. The molecule has 0 unspecified atom stereocenters. The van der Waals surface area contributed by atoms with Crippen LogP contribution in [0.15, 0.2) is 58.4 Å². The van der Waals surface area contributed by atoms with Crippen molar-refractivity contribution in [2.24, 2.45) is 0 Å². The zero-order valence-electron chi connectivity index (χ0n) is 13.2. The van der Waals surface area contributed by atoms with Gasteiger partial charge in [0.15, 0.2) is 0 Å². The highest BCUT2D eigenvalue weighted by Gasteiger charge is 2.09. The number of fused-ring (bicyclic) bond motifs is 1. The monoisotopic (exact) mass is 369 g/mol. The first-order valence-electron chi connectivity index (χ1n) is 7.69. The van der Waals surface area contributed by atoms with E-state index < -0.39 is 0 Å². The van der Waals surface area contributed by atoms with Gasteiger partial charge in [-0.1, -0.05) is 23.4 Å². The van der Waals surface area contributed by atoms with Gasteiger partial charge in [0.05, 0.1) is 24.2 Å². The second-order valence-corrected chi connectivity index (χ2v) is 7.20. The van der Waals surface area contributed by atoms with Crippen LogP contribution < -0.4 is 5.32 Å². The summed E-state index contributed by atoms with van der Waals surface area (Å²) in [6.07, 6.45) is 3.77. The minimum Gasteiger partial charge on any atom is -0.360 e. The number of nitrogens with zero attached hydrogens (tertiary/aromatic N) is 3. The number of hydrogen-bond acceptors (Lipinski definition) is 5. The minimum absolute atomic E-state index is 0.0274. The number of benzene rings is 1. The van der Waals surface area contributed by atoms with E-state index in [1.54, 1.807) is 16.0 Å². The second kappa shape index (κ2) is 7.12. The molecular formula is C17H15N5OS2. The molecule has 0 aliphatic rings. The van der Waals surface area contributed by atoms with Crippen molar-refractivity contribution < 1.29 is 4.79 Å². The first kappa shape index (κ1) is 15.9. The zero-order chi connectivity index (χ0) is 17.1. The van der Waals surface area contributed by atoms with Gasteiger partial charge in [-0.3, -0.25) is 4.79 Å². The number of hydrogen-bond donors (Lipinski definition) is 2. The Labute approximate surface area is 152 Å². The fraction of sp³-hybridized carbons (Fsp3) is 0.118. The largest absolute Gasteiger partial charge is 0.360 e. The van der Waals surface area contributed by atoms with Crippen LogP contribution >= 0.6 is 23.1 Å². The average Bonchev–Trinajstić information content (AvgIpc) is 3.38. The summed E-state index contributed by atoms with van der Waals surface area (Å²) in [5.41, 5.74) is 2.79. The number of carbonyl (C=O) groups excluding carboxylic acids is 1. The lowest BCUT2D eigenvalue weighted by Crippen LogP contribution is -2.24. The number of carbonyl (C=O) groups is 1. The third-order valence-electron chi connectivity index (χ3n) is 3.69. The summed E-state index contributed by atoms with van der Waals surface area (Å²) in [5.74, 6) is 0.334. The van der Waals surface area contributed by atoms with Crippen molar-refractivity contribution in [3.05, 3.63) is 59.2 Å². The van der Waals surface area contributed by atoms with Crippen LogP contribution in [0.3, 0.4) is 0 Å². The van der Waals surface area contributed by atoms with E-state index in [1.165, 1.54) is 11.8 Å². The standard InChI is InChI=1S/C17H15N5OS2/c23-17(11-25-16-8-18-15-4-2-1-3-14(15)16)19-7-12-9-22(21-20-12)13-5-6-24-10-13/h1-6,8-10,18H,7,11H2,(H,19,23). The maximum absolute atomic E-state index is 12.1. The maximum atomic E-state index is 12.1. The van der Waals surface area contributed by atoms with E-state index >= 15 is 0 Å². The molecule has 0 atom stereocenters. The highest BCUT2D eigenvalue weighted by Crippen LogP contribution is 2.27. The molecular weight excluding hydrogens is 354 g/mol. The molecule has 0 saturated carbocycles. The molecule has 0 aliphatic carbocycles. The van der Waals surface area contributed by atoms with Crippen LogP contribution in [0.25, 0.3) is 16.6 Å². The average molecular weight is 369 g/mol. The SMILES string of the molecule is O=C(CSc1c[nH]c2ccccc12)NCc1cn(-c2ccsc2)nn1. The lowest BCUT2D eigenvalue weighted by molar-refractivity contribution is -0.118. The molecule has 8 heteroatoms. The highest BCUT2D eigenvalue weighted by atomic mass is 32.2. The van der Waals surface area contributed by atoms with Crippen molar-refractivity contribution >= 4 is 39.9 Å². The zero-order valence-corrected chi connectivity index (χ0v) is 14.8. The van der Waals surface area contributed by atoms with Crippen molar-refractivity contribution in [2.45, 2.75) is 11.4 Å². The number of thioether (sulfide) groups is 1. The van der Waals surface area contributed by atoms with Crippen LogP contribution in [-0.4, -0.2) is 31.6 Å². The number of rotatable bonds is 6. The van der Waals surface area contributed by atoms with E-state index in [1.807, 2.05) is 47.4 Å². The summed E-state index contributed by atoms with van der Waals surface area (Å²) >= 11 is 3.12. The highest BCUT2D eigenvalue weighted by molar-refractivity contribution is 8.00. The number of aromatic amines is 1. The van der Waals surface area contributed by atoms with Crippen LogP contribution in [0, 0.1) is 0 Å². The van der Waals surface area contributed by atoms with Crippen molar-refractivity contribution in [3.63, 3.8) is 0 Å². The van der Waals surface area contributed by atoms with Crippen LogP contribution in [0.4, 0.5) is 0 Å². The molecule has 4 rings (SSSR count). The summed E-state index contributed by atoms with van der Waals surface area (Å²) in [4.78, 5) is 16.4. The van der Waals surface area contributed by atoms with Gasteiger partial charge < -0.3 is 10.3 Å². The Kier molecular flexibility index (Phi) is 4.53. The number of amides is 1. The van der Waals surface area contributed by atoms with Gasteiger partial charge in [-0.05, 0) is 17.5 Å². The number of nitrogens with one attached hydrogen (secondary N) is 2. The summed E-state index contributed by atoms with van der Waals surface area (Å²) in [5, 5.41) is 16.2. The van der Waals surface area contributed by atoms with Gasteiger partial charge in [-0.25, -0.2) is 4.68 Å². The molecule has 4 aromatic rings. The molecule has 6 nitrogen and oxygen atoms in total. The third-order valence-corrected chi connectivity index (χ3v) is 5.41. The quantitative estimate of drug-likeness (QED) is 0.512. The van der Waals surface area contributed by atoms with E-state index in [2.05, 4.69) is 26.7 Å². The van der Waals surface area contributed by atoms with Crippen LogP contribution in [0.5, 0.6) is 0 Å². The molecule has 0 spiro atoms. The second-order valence-electron chi connectivity index (χ2n) is 5.40. The van der Waals surface area contributed by atoms with Gasteiger partial charge in [0.1, 0.15) is 5.69 Å². The van der Waals surface area contributed by atoms with Crippen LogP contribution in [0.2, 0.25) is 0 Å². The molecule has 2 N–H and O–H groups in total. The minimum atomic E-state index is -0.0274. The third kappa shape index (κ3) is 3.59. The number of thiophene rings is 1. The van der Waals surface area contributed by atoms with Gasteiger partial charge in [-0.2, -0.15) is 11.3 Å². The topological polar surface area (TPSA) is 75.6 Å². The molecule has 3 heterocycles. The summed E-state index contributed by atoms with van der Waals surface area (Å²) < 4.78 is 1.71. The number of aromatic nitrogens is 4. The molecule has 25 heavy (non-hydrogen) atoms. The van der Waals surface area contributed by atoms with E-state index in [-0.39, 0.29) is 5.91 Å². The lowest BCUT2D eigenvalue weighted by atomic mass is 10.2. The Morgan fingerprint density at radius 3 is 3.12 bits per heavy atom. The molecule has 0 fully saturated rings. The van der Waals surface area contributed by atoms with Crippen LogP contribution in [0.1, 0.15) is 5.69 Å². The first-order valence-corrected chi connectivity index (χ1v) is 9.62. The molecule has 126 valence electrons. The Hall–Kier alpha value is -2.58. The molecule has 1 aromatic carbocycles. The van der Waals surface area contributed by atoms with Gasteiger partial charge in [-0.15, -0.1) is 16.9 Å². The normalized spacial score (nSPS) is 11.0. The predicted molar refractivity (Wildman–Crippen MR) is 100 cm³/mol. The van der Waals surface area contributed by atoms with E-state index in [0.29, 0.717) is 12.3 Å². The van der Waals surface area contributed by atoms with Crippen LogP contribution in [-0.2, 0) is 11.3 Å². The molecule has 0 aliphatic heterocycles. The van der Waals surface area contributed by atoms with Gasteiger partial charge >= 0.3 is 0 Å². The van der Waals surface area contributed by atoms with Gasteiger partial charge in [0.25, 0.3) is 0 Å². The van der Waals surface area contributed by atoms with Crippen molar-refractivity contribution in [1.82, 2.24) is 25.3 Å². The summed E-state index contributed by atoms with van der Waals surface area (Å²) in [7, 11) is 0. The van der Waals surface area contributed by atoms with E-state index in [0.717, 1.165) is 27.2 Å². The van der Waals surface area contributed by atoms with E-state index in [4.69, 9.17) is 0 Å².